The lowest BCUT2D eigenvalue weighted by atomic mass is 10.2. The Balaban J connectivity index is 1.46. The number of amides is 1. The highest BCUT2D eigenvalue weighted by Gasteiger charge is 2.42. The number of sulfonamides is 2. The lowest BCUT2D eigenvalue weighted by Crippen LogP contribution is -2.55. The van der Waals surface area contributed by atoms with E-state index in [-0.39, 0.29) is 43.5 Å². The number of hydrogen-bond donors (Lipinski definition) is 0. The molecular formula is C22H26FN3O5S2. The third-order valence-electron chi connectivity index (χ3n) is 6.12. The minimum Gasteiger partial charge on any atom is -0.339 e. The molecule has 2 heterocycles. The van der Waals surface area contributed by atoms with Crippen molar-refractivity contribution >= 4 is 26.0 Å². The van der Waals surface area contributed by atoms with Gasteiger partial charge in [0.2, 0.25) is 26.0 Å². The topological polar surface area (TPSA) is 95.1 Å². The fourth-order valence-electron chi connectivity index (χ4n) is 4.27. The first-order valence-electron chi connectivity index (χ1n) is 10.7. The first-order chi connectivity index (χ1) is 15.6. The zero-order valence-corrected chi connectivity index (χ0v) is 19.9. The number of carbonyl (C=O) groups is 1. The molecule has 4 rings (SSSR count). The average Bonchev–Trinajstić information content (AvgIpc) is 3.30. The van der Waals surface area contributed by atoms with E-state index in [2.05, 4.69) is 0 Å². The fraction of sp³-hybridized carbons (Fsp3) is 0.409. The second-order valence-electron chi connectivity index (χ2n) is 8.25. The number of carbonyl (C=O) groups excluding carboxylic acids is 1. The fourth-order valence-corrected chi connectivity index (χ4v) is 7.41. The Bertz CT molecular complexity index is 1240. The van der Waals surface area contributed by atoms with Crippen molar-refractivity contribution in [3.63, 3.8) is 0 Å². The van der Waals surface area contributed by atoms with Crippen LogP contribution in [0.4, 0.5) is 4.39 Å². The van der Waals surface area contributed by atoms with Crippen LogP contribution in [0.2, 0.25) is 0 Å². The quantitative estimate of drug-likeness (QED) is 0.631. The lowest BCUT2D eigenvalue weighted by molar-refractivity contribution is -0.135. The predicted molar refractivity (Wildman–Crippen MR) is 120 cm³/mol. The minimum absolute atomic E-state index is 0.0137. The summed E-state index contributed by atoms with van der Waals surface area (Å²) in [6.45, 7) is 2.38. The molecule has 0 N–H and O–H groups in total. The number of aryl methyl sites for hydroxylation is 1. The van der Waals surface area contributed by atoms with Crippen molar-refractivity contribution in [1.29, 1.82) is 0 Å². The number of nitrogens with zero attached hydrogens (tertiary/aromatic N) is 3. The van der Waals surface area contributed by atoms with E-state index in [1.165, 1.54) is 39.5 Å². The zero-order chi connectivity index (χ0) is 23.8. The summed E-state index contributed by atoms with van der Waals surface area (Å²) < 4.78 is 68.3. The highest BCUT2D eigenvalue weighted by molar-refractivity contribution is 7.89. The number of piperazine rings is 1. The molecule has 2 aliphatic rings. The maximum Gasteiger partial charge on any atom is 0.246 e. The summed E-state index contributed by atoms with van der Waals surface area (Å²) in [7, 11) is -7.85. The molecule has 2 aliphatic heterocycles. The van der Waals surface area contributed by atoms with Gasteiger partial charge in [-0.1, -0.05) is 29.8 Å². The molecule has 1 amide bonds. The highest BCUT2D eigenvalue weighted by Crippen LogP contribution is 2.28. The van der Waals surface area contributed by atoms with Crippen molar-refractivity contribution in [2.75, 3.05) is 32.7 Å². The van der Waals surface area contributed by atoms with Crippen LogP contribution in [-0.2, 0) is 24.8 Å². The third-order valence-corrected chi connectivity index (χ3v) is 9.98. The molecule has 2 saturated heterocycles. The largest absolute Gasteiger partial charge is 0.339 e. The molecule has 0 spiro atoms. The standard InChI is InChI=1S/C22H26FN3O5S2/c1-17-8-10-18(11-9-17)32(28,29)26-12-4-6-20(26)22(27)24-13-15-25(16-14-24)33(30,31)21-7-3-2-5-19(21)23/h2-3,5,7-11,20H,4,6,12-16H2,1H3/t20-/m0/s1. The summed E-state index contributed by atoms with van der Waals surface area (Å²) in [6.07, 6.45) is 0.987. The number of benzene rings is 2. The molecule has 33 heavy (non-hydrogen) atoms. The van der Waals surface area contributed by atoms with E-state index in [4.69, 9.17) is 0 Å². The van der Waals surface area contributed by atoms with Gasteiger partial charge in [-0.2, -0.15) is 8.61 Å². The van der Waals surface area contributed by atoms with Crippen molar-refractivity contribution in [3.05, 3.63) is 59.9 Å². The second kappa shape index (κ2) is 9.13. The first-order valence-corrected chi connectivity index (χ1v) is 13.6. The van der Waals surface area contributed by atoms with Crippen LogP contribution in [0.25, 0.3) is 0 Å². The number of halogens is 1. The first kappa shape index (κ1) is 23.8. The predicted octanol–water partition coefficient (Wildman–Crippen LogP) is 1.82. The summed E-state index contributed by atoms with van der Waals surface area (Å²) in [4.78, 5) is 14.5. The van der Waals surface area contributed by atoms with E-state index in [9.17, 15) is 26.0 Å². The summed E-state index contributed by atoms with van der Waals surface area (Å²) >= 11 is 0. The normalized spacial score (nSPS) is 20.8. The van der Waals surface area contributed by atoms with Gasteiger partial charge < -0.3 is 4.90 Å². The van der Waals surface area contributed by atoms with Crippen molar-refractivity contribution in [2.24, 2.45) is 0 Å². The van der Waals surface area contributed by atoms with Gasteiger partial charge in [-0.05, 0) is 44.0 Å². The molecule has 11 heteroatoms. The Labute approximate surface area is 193 Å². The molecule has 0 bridgehead atoms. The van der Waals surface area contributed by atoms with Crippen LogP contribution in [-0.4, -0.2) is 75.0 Å². The Kier molecular flexibility index (Phi) is 6.59. The summed E-state index contributed by atoms with van der Waals surface area (Å²) in [5, 5.41) is 0. The van der Waals surface area contributed by atoms with Gasteiger partial charge in [-0.25, -0.2) is 21.2 Å². The van der Waals surface area contributed by atoms with E-state index in [0.29, 0.717) is 12.8 Å². The Hall–Kier alpha value is -2.34. The van der Waals surface area contributed by atoms with Gasteiger partial charge in [-0.3, -0.25) is 4.79 Å². The van der Waals surface area contributed by atoms with Crippen LogP contribution in [0.3, 0.4) is 0 Å². The van der Waals surface area contributed by atoms with Gasteiger partial charge in [0.15, 0.2) is 0 Å². The molecule has 2 fully saturated rings. The molecule has 0 aromatic heterocycles. The Morgan fingerprint density at radius 1 is 0.879 bits per heavy atom. The van der Waals surface area contributed by atoms with Crippen molar-refractivity contribution in [1.82, 2.24) is 13.5 Å². The molecule has 1 atom stereocenters. The molecule has 0 aliphatic carbocycles. The molecular weight excluding hydrogens is 469 g/mol. The van der Waals surface area contributed by atoms with Crippen molar-refractivity contribution < 1.29 is 26.0 Å². The SMILES string of the molecule is Cc1ccc(S(=O)(=O)N2CCC[C@H]2C(=O)N2CCN(S(=O)(=O)c3ccccc3F)CC2)cc1. The van der Waals surface area contributed by atoms with Crippen LogP contribution in [0.15, 0.2) is 58.3 Å². The van der Waals surface area contributed by atoms with Gasteiger partial charge in [0.25, 0.3) is 0 Å². The smallest absolute Gasteiger partial charge is 0.246 e. The number of rotatable bonds is 5. The van der Waals surface area contributed by atoms with E-state index in [1.807, 2.05) is 6.92 Å². The maximum absolute atomic E-state index is 14.0. The third kappa shape index (κ3) is 4.54. The van der Waals surface area contributed by atoms with E-state index in [1.54, 1.807) is 12.1 Å². The highest BCUT2D eigenvalue weighted by atomic mass is 32.2. The lowest BCUT2D eigenvalue weighted by Gasteiger charge is -2.36. The molecule has 2 aromatic carbocycles. The van der Waals surface area contributed by atoms with Gasteiger partial charge in [-0.15, -0.1) is 0 Å². The molecule has 2 aromatic rings. The van der Waals surface area contributed by atoms with Crippen LogP contribution < -0.4 is 0 Å². The van der Waals surface area contributed by atoms with E-state index < -0.39 is 36.8 Å². The van der Waals surface area contributed by atoms with Gasteiger partial charge in [0.05, 0.1) is 4.90 Å². The maximum atomic E-state index is 14.0. The average molecular weight is 496 g/mol. The Morgan fingerprint density at radius 2 is 1.52 bits per heavy atom. The Morgan fingerprint density at radius 3 is 2.15 bits per heavy atom. The minimum atomic E-state index is -4.02. The zero-order valence-electron chi connectivity index (χ0n) is 18.2. The van der Waals surface area contributed by atoms with Crippen LogP contribution in [0, 0.1) is 12.7 Å². The second-order valence-corrected chi connectivity index (χ2v) is 12.0. The van der Waals surface area contributed by atoms with Crippen molar-refractivity contribution in [3.8, 4) is 0 Å². The molecule has 0 saturated carbocycles. The van der Waals surface area contributed by atoms with Gasteiger partial charge >= 0.3 is 0 Å². The van der Waals surface area contributed by atoms with E-state index >= 15 is 0 Å². The van der Waals surface area contributed by atoms with Crippen LogP contribution in [0.5, 0.6) is 0 Å². The van der Waals surface area contributed by atoms with Gasteiger partial charge in [0, 0.05) is 32.7 Å². The summed E-state index contributed by atoms with van der Waals surface area (Å²) in [5.41, 5.74) is 0.936. The molecule has 178 valence electrons. The van der Waals surface area contributed by atoms with Crippen LogP contribution in [0.1, 0.15) is 18.4 Å². The van der Waals surface area contributed by atoms with Gasteiger partial charge in [0.1, 0.15) is 16.8 Å². The van der Waals surface area contributed by atoms with Crippen molar-refractivity contribution in [2.45, 2.75) is 35.6 Å². The number of hydrogen-bond acceptors (Lipinski definition) is 5. The summed E-state index contributed by atoms with van der Waals surface area (Å²) in [6, 6.07) is 10.9. The molecule has 8 nitrogen and oxygen atoms in total. The summed E-state index contributed by atoms with van der Waals surface area (Å²) in [5.74, 6) is -1.15. The molecule has 0 unspecified atom stereocenters. The molecule has 0 radical (unpaired) electrons. The van der Waals surface area contributed by atoms with E-state index in [0.717, 1.165) is 15.9 Å². The monoisotopic (exact) mass is 495 g/mol. The van der Waals surface area contributed by atoms with Crippen LogP contribution >= 0.6 is 0 Å².